The summed E-state index contributed by atoms with van der Waals surface area (Å²) in [7, 11) is -3.93. The second kappa shape index (κ2) is 6.97. The SMILES string of the molecule is Cc1ccc(S(=O)(=O)N2C[C@H](O)C[C@H]2C(=O)[O-])cc1.[K+]. The van der Waals surface area contributed by atoms with Gasteiger partial charge in [0.1, 0.15) is 0 Å². The van der Waals surface area contributed by atoms with E-state index < -0.39 is 28.1 Å². The van der Waals surface area contributed by atoms with Gasteiger partial charge in [0.15, 0.2) is 0 Å². The zero-order valence-corrected chi connectivity index (χ0v) is 15.3. The Morgan fingerprint density at radius 1 is 1.35 bits per heavy atom. The Bertz CT molecular complexity index is 586. The molecule has 0 radical (unpaired) electrons. The molecule has 1 aliphatic heterocycles. The average Bonchev–Trinajstić information content (AvgIpc) is 2.73. The number of nitrogens with zero attached hydrogens (tertiary/aromatic N) is 1. The zero-order chi connectivity index (χ0) is 14.2. The first-order chi connectivity index (χ1) is 8.82. The molecule has 0 spiro atoms. The Morgan fingerprint density at radius 3 is 2.40 bits per heavy atom. The molecule has 1 aromatic carbocycles. The third kappa shape index (κ3) is 3.69. The number of carbonyl (C=O) groups is 1. The van der Waals surface area contributed by atoms with Crippen LogP contribution in [0, 0.1) is 6.92 Å². The summed E-state index contributed by atoms with van der Waals surface area (Å²) in [5.41, 5.74) is 0.900. The van der Waals surface area contributed by atoms with Crippen LogP contribution >= 0.6 is 0 Å². The van der Waals surface area contributed by atoms with E-state index in [9.17, 15) is 23.4 Å². The molecular formula is C12H14KNO5S. The maximum absolute atomic E-state index is 12.3. The van der Waals surface area contributed by atoms with Gasteiger partial charge in [0, 0.05) is 6.54 Å². The summed E-state index contributed by atoms with van der Waals surface area (Å²) in [6.45, 7) is 1.59. The van der Waals surface area contributed by atoms with E-state index >= 15 is 0 Å². The van der Waals surface area contributed by atoms with Crippen molar-refractivity contribution >= 4 is 16.0 Å². The predicted molar refractivity (Wildman–Crippen MR) is 64.5 cm³/mol. The molecule has 1 saturated heterocycles. The first-order valence-electron chi connectivity index (χ1n) is 5.80. The van der Waals surface area contributed by atoms with Gasteiger partial charge >= 0.3 is 51.4 Å². The second-order valence-electron chi connectivity index (χ2n) is 4.61. The molecule has 20 heavy (non-hydrogen) atoms. The molecule has 0 saturated carbocycles. The largest absolute Gasteiger partial charge is 1.00 e. The molecule has 1 heterocycles. The number of hydrogen-bond donors (Lipinski definition) is 1. The van der Waals surface area contributed by atoms with E-state index in [0.717, 1.165) is 9.87 Å². The van der Waals surface area contributed by atoms with Gasteiger partial charge in [0.05, 0.1) is 23.0 Å². The standard InChI is InChI=1S/C12H15NO5S.K/c1-8-2-4-10(5-3-8)19(17,18)13-7-9(14)6-11(13)12(15)16;/h2-5,9,11,14H,6-7H2,1H3,(H,15,16);/q;+1/p-1/t9-,11+;/m1./s1. The molecular weight excluding hydrogens is 309 g/mol. The van der Waals surface area contributed by atoms with Gasteiger partial charge in [0.2, 0.25) is 10.0 Å². The predicted octanol–water partition coefficient (Wildman–Crippen LogP) is -4.13. The van der Waals surface area contributed by atoms with Crippen LogP contribution in [0.3, 0.4) is 0 Å². The van der Waals surface area contributed by atoms with Crippen molar-refractivity contribution in [2.45, 2.75) is 30.4 Å². The van der Waals surface area contributed by atoms with E-state index in [1.54, 1.807) is 12.1 Å². The minimum absolute atomic E-state index is 0. The van der Waals surface area contributed by atoms with Crippen LogP contribution in [-0.2, 0) is 14.8 Å². The number of hydrogen-bond acceptors (Lipinski definition) is 5. The van der Waals surface area contributed by atoms with Crippen molar-refractivity contribution in [2.75, 3.05) is 6.54 Å². The molecule has 104 valence electrons. The molecule has 0 amide bonds. The van der Waals surface area contributed by atoms with Crippen molar-refractivity contribution in [3.63, 3.8) is 0 Å². The molecule has 2 atom stereocenters. The Kier molecular flexibility index (Phi) is 6.36. The van der Waals surface area contributed by atoms with Crippen LogP contribution in [-0.4, -0.2) is 42.5 Å². The number of carbonyl (C=O) groups excluding carboxylic acids is 1. The number of carboxylic acids is 1. The topological polar surface area (TPSA) is 97.7 Å². The summed E-state index contributed by atoms with van der Waals surface area (Å²) >= 11 is 0. The maximum Gasteiger partial charge on any atom is 1.00 e. The van der Waals surface area contributed by atoms with Crippen LogP contribution in [0.5, 0.6) is 0 Å². The van der Waals surface area contributed by atoms with E-state index in [2.05, 4.69) is 0 Å². The minimum atomic E-state index is -3.93. The number of aliphatic carboxylic acids is 1. The third-order valence-electron chi connectivity index (χ3n) is 3.13. The summed E-state index contributed by atoms with van der Waals surface area (Å²) in [5.74, 6) is -1.49. The molecule has 1 fully saturated rings. The number of benzene rings is 1. The van der Waals surface area contributed by atoms with Crippen molar-refractivity contribution in [3.8, 4) is 0 Å². The fraction of sp³-hybridized carbons (Fsp3) is 0.417. The van der Waals surface area contributed by atoms with Gasteiger partial charge in [-0.2, -0.15) is 4.31 Å². The van der Waals surface area contributed by atoms with Gasteiger partial charge in [-0.15, -0.1) is 0 Å². The van der Waals surface area contributed by atoms with Crippen molar-refractivity contribution < 1.29 is 74.8 Å². The Morgan fingerprint density at radius 2 is 1.90 bits per heavy atom. The van der Waals surface area contributed by atoms with Crippen LogP contribution in [0.4, 0.5) is 0 Å². The fourth-order valence-corrected chi connectivity index (χ4v) is 3.74. The van der Waals surface area contributed by atoms with Gasteiger partial charge in [-0.1, -0.05) is 17.7 Å². The van der Waals surface area contributed by atoms with Gasteiger partial charge in [0.25, 0.3) is 0 Å². The quantitative estimate of drug-likeness (QED) is 0.570. The van der Waals surface area contributed by atoms with E-state index in [0.29, 0.717) is 0 Å². The molecule has 0 unspecified atom stereocenters. The van der Waals surface area contributed by atoms with Crippen LogP contribution in [0.15, 0.2) is 29.2 Å². The minimum Gasteiger partial charge on any atom is -0.548 e. The Labute approximate surface area is 160 Å². The van der Waals surface area contributed by atoms with Crippen LogP contribution in [0.25, 0.3) is 0 Å². The summed E-state index contributed by atoms with van der Waals surface area (Å²) in [6.07, 6.45) is -1.13. The summed E-state index contributed by atoms with van der Waals surface area (Å²) in [4.78, 5) is 11.0. The van der Waals surface area contributed by atoms with Crippen molar-refractivity contribution in [3.05, 3.63) is 29.8 Å². The van der Waals surface area contributed by atoms with E-state index in [1.807, 2.05) is 6.92 Å². The molecule has 1 N–H and O–H groups in total. The number of β-amino-alcohol motifs (C(OH)–C–C–N with tert-alkyl or cyclic N) is 1. The fourth-order valence-electron chi connectivity index (χ4n) is 2.11. The Balaban J connectivity index is 0.00000200. The summed E-state index contributed by atoms with van der Waals surface area (Å²) in [5, 5.41) is 20.4. The summed E-state index contributed by atoms with van der Waals surface area (Å²) < 4.78 is 25.4. The molecule has 0 aliphatic carbocycles. The number of aliphatic hydroxyl groups is 1. The Hall–Kier alpha value is 0.196. The first kappa shape index (κ1) is 18.2. The van der Waals surface area contributed by atoms with Gasteiger partial charge in [-0.05, 0) is 25.5 Å². The van der Waals surface area contributed by atoms with Gasteiger partial charge in [-0.3, -0.25) is 0 Å². The molecule has 0 aromatic heterocycles. The second-order valence-corrected chi connectivity index (χ2v) is 6.50. The number of rotatable bonds is 3. The average molecular weight is 323 g/mol. The molecule has 1 aromatic rings. The van der Waals surface area contributed by atoms with Crippen molar-refractivity contribution in [1.29, 1.82) is 0 Å². The molecule has 2 rings (SSSR count). The third-order valence-corrected chi connectivity index (χ3v) is 5.02. The number of sulfonamides is 1. The number of aryl methyl sites for hydroxylation is 1. The van der Waals surface area contributed by atoms with Crippen molar-refractivity contribution in [2.24, 2.45) is 0 Å². The number of carboxylic acid groups (broad SMARTS) is 1. The van der Waals surface area contributed by atoms with Crippen LogP contribution < -0.4 is 56.5 Å². The van der Waals surface area contributed by atoms with E-state index in [1.165, 1.54) is 12.1 Å². The molecule has 1 aliphatic rings. The monoisotopic (exact) mass is 323 g/mol. The maximum atomic E-state index is 12.3. The number of aliphatic hydroxyl groups excluding tert-OH is 1. The zero-order valence-electron chi connectivity index (χ0n) is 11.3. The van der Waals surface area contributed by atoms with Crippen LogP contribution in [0.1, 0.15) is 12.0 Å². The molecule has 8 heteroatoms. The molecule has 6 nitrogen and oxygen atoms in total. The van der Waals surface area contributed by atoms with Gasteiger partial charge < -0.3 is 15.0 Å². The van der Waals surface area contributed by atoms with E-state index in [4.69, 9.17) is 0 Å². The van der Waals surface area contributed by atoms with Crippen LogP contribution in [0.2, 0.25) is 0 Å². The van der Waals surface area contributed by atoms with Crippen molar-refractivity contribution in [1.82, 2.24) is 4.31 Å². The van der Waals surface area contributed by atoms with Gasteiger partial charge in [-0.25, -0.2) is 8.42 Å². The first-order valence-corrected chi connectivity index (χ1v) is 7.24. The normalized spacial score (nSPS) is 23.3. The molecule has 0 bridgehead atoms. The smallest absolute Gasteiger partial charge is 0.548 e. The summed E-state index contributed by atoms with van der Waals surface area (Å²) in [6, 6.07) is 4.78. The van der Waals surface area contributed by atoms with E-state index in [-0.39, 0.29) is 69.2 Å².